The summed E-state index contributed by atoms with van der Waals surface area (Å²) in [5, 5.41) is 0. The largest absolute Gasteiger partial charge is 0.335 e. The molecule has 0 saturated heterocycles. The fraction of sp³-hybridized carbons (Fsp3) is 0.193. The number of fused-ring (bicyclic) bond motifs is 5. The zero-order chi connectivity index (χ0) is 41.5. The van der Waals surface area contributed by atoms with Gasteiger partial charge in [-0.1, -0.05) is 156 Å². The number of allylic oxidation sites excluding steroid dienone is 1. The highest BCUT2D eigenvalue weighted by Crippen LogP contribution is 2.54. The molecule has 2 aliphatic carbocycles. The lowest BCUT2D eigenvalue weighted by atomic mass is 9.30. The summed E-state index contributed by atoms with van der Waals surface area (Å²) in [7, 11) is 0. The van der Waals surface area contributed by atoms with Crippen LogP contribution >= 0.6 is 0 Å². The monoisotopic (exact) mass is 789 g/mol. The Balaban J connectivity index is 1.26. The second-order valence-corrected chi connectivity index (χ2v) is 18.7. The molecule has 7 aromatic carbocycles. The van der Waals surface area contributed by atoms with Gasteiger partial charge in [-0.2, -0.15) is 0 Å². The molecule has 0 fully saturated rings. The number of para-hydroxylation sites is 4. The molecule has 0 radical (unpaired) electrons. The Labute approximate surface area is 362 Å². The summed E-state index contributed by atoms with van der Waals surface area (Å²) in [4.78, 5) is 7.87. The van der Waals surface area contributed by atoms with Gasteiger partial charge in [0.2, 0.25) is 6.71 Å². The second-order valence-electron chi connectivity index (χ2n) is 18.7. The van der Waals surface area contributed by atoms with Gasteiger partial charge in [0.25, 0.3) is 0 Å². The Hall–Kier alpha value is -6.52. The number of nitrogens with zero attached hydrogens (tertiary/aromatic N) is 3. The average Bonchev–Trinajstić information content (AvgIpc) is 3.49. The van der Waals surface area contributed by atoms with E-state index in [9.17, 15) is 0 Å². The maximum Gasteiger partial charge on any atom is 0.247 e. The molecule has 0 aromatic heterocycles. The van der Waals surface area contributed by atoms with Crippen molar-refractivity contribution in [3.8, 4) is 11.1 Å². The van der Waals surface area contributed by atoms with E-state index in [2.05, 4.69) is 237 Å². The number of rotatable bonds is 7. The molecule has 3 nitrogen and oxygen atoms in total. The highest BCUT2D eigenvalue weighted by Gasteiger charge is 2.53. The Kier molecular flexibility index (Phi) is 8.79. The smallest absolute Gasteiger partial charge is 0.247 e. The maximum absolute atomic E-state index is 2.77. The zero-order valence-electron chi connectivity index (χ0n) is 35.9. The lowest BCUT2D eigenvalue weighted by Crippen LogP contribution is -2.63. The van der Waals surface area contributed by atoms with Crippen LogP contribution < -0.4 is 25.6 Å². The molecule has 7 aromatic rings. The third-order valence-electron chi connectivity index (χ3n) is 14.0. The quantitative estimate of drug-likeness (QED) is 0.149. The van der Waals surface area contributed by atoms with Crippen LogP contribution in [0.15, 0.2) is 205 Å². The van der Waals surface area contributed by atoms with Crippen LogP contribution in [0.25, 0.3) is 11.1 Å². The molecule has 61 heavy (non-hydrogen) atoms. The first-order chi connectivity index (χ1) is 29.7. The lowest BCUT2D eigenvalue weighted by Gasteiger charge is -2.54. The van der Waals surface area contributed by atoms with Crippen molar-refractivity contribution < 1.29 is 0 Å². The maximum atomic E-state index is 2.77. The van der Waals surface area contributed by atoms with Crippen molar-refractivity contribution in [1.82, 2.24) is 0 Å². The number of benzene rings is 7. The van der Waals surface area contributed by atoms with Crippen LogP contribution in [0.5, 0.6) is 0 Å². The van der Waals surface area contributed by atoms with E-state index in [-0.39, 0.29) is 29.5 Å². The first-order valence-corrected chi connectivity index (χ1v) is 22.2. The van der Waals surface area contributed by atoms with Crippen LogP contribution in [0.4, 0.5) is 34.1 Å². The summed E-state index contributed by atoms with van der Waals surface area (Å²) in [6.45, 7) is 12.2. The first kappa shape index (κ1) is 37.5. The van der Waals surface area contributed by atoms with Gasteiger partial charge < -0.3 is 14.7 Å². The van der Waals surface area contributed by atoms with Crippen LogP contribution in [0, 0.1) is 5.92 Å². The molecule has 2 heterocycles. The minimum atomic E-state index is 0.0187. The molecule has 2 atom stereocenters. The molecule has 2 aliphatic heterocycles. The van der Waals surface area contributed by atoms with Crippen molar-refractivity contribution in [2.75, 3.05) is 14.7 Å². The molecule has 0 amide bonds. The van der Waals surface area contributed by atoms with E-state index in [1.165, 1.54) is 84.2 Å². The molecule has 0 spiro atoms. The van der Waals surface area contributed by atoms with Crippen molar-refractivity contribution in [3.63, 3.8) is 0 Å². The number of hydrogen-bond acceptors (Lipinski definition) is 3. The molecule has 4 aliphatic rings. The third kappa shape index (κ3) is 5.94. The predicted molar refractivity (Wildman–Crippen MR) is 259 cm³/mol. The molecule has 2 unspecified atom stereocenters. The molecular weight excluding hydrogens is 737 g/mol. The van der Waals surface area contributed by atoms with Crippen molar-refractivity contribution in [2.45, 2.75) is 64.3 Å². The van der Waals surface area contributed by atoms with Gasteiger partial charge in [-0.25, -0.2) is 0 Å². The van der Waals surface area contributed by atoms with Gasteiger partial charge in [-0.3, -0.25) is 0 Å². The summed E-state index contributed by atoms with van der Waals surface area (Å²) in [6.07, 6.45) is 4.65. The molecule has 0 saturated carbocycles. The van der Waals surface area contributed by atoms with Gasteiger partial charge in [0.15, 0.2) is 0 Å². The zero-order valence-corrected chi connectivity index (χ0v) is 35.9. The summed E-state index contributed by atoms with van der Waals surface area (Å²) >= 11 is 0. The molecule has 0 bridgehead atoms. The van der Waals surface area contributed by atoms with Crippen molar-refractivity contribution in [2.24, 2.45) is 5.92 Å². The SMILES string of the molecule is CCC1C(N(c2ccccc2)c2ccccc2)=CC2=C3B(c4ccccc4N2c2ccccc2)c2cc(-c4ccccc4)ccc2N(c2ccc4c(c2)C(C)(C)CC4(C)C)C31. The van der Waals surface area contributed by atoms with E-state index in [0.717, 1.165) is 12.8 Å². The van der Waals surface area contributed by atoms with Crippen molar-refractivity contribution in [1.29, 1.82) is 0 Å². The summed E-state index contributed by atoms with van der Waals surface area (Å²) < 4.78 is 0. The highest BCUT2D eigenvalue weighted by molar-refractivity contribution is 6.94. The Morgan fingerprint density at radius 1 is 0.557 bits per heavy atom. The number of hydrogen-bond donors (Lipinski definition) is 0. The van der Waals surface area contributed by atoms with E-state index in [1.807, 2.05) is 0 Å². The minimum absolute atomic E-state index is 0.0187. The average molecular weight is 790 g/mol. The third-order valence-corrected chi connectivity index (χ3v) is 14.0. The lowest BCUT2D eigenvalue weighted by molar-refractivity contribution is 0.403. The van der Waals surface area contributed by atoms with Gasteiger partial charge >= 0.3 is 0 Å². The fourth-order valence-electron chi connectivity index (χ4n) is 11.8. The molecule has 0 N–H and O–H groups in total. The minimum Gasteiger partial charge on any atom is -0.335 e. The van der Waals surface area contributed by atoms with Gasteiger partial charge in [0, 0.05) is 51.4 Å². The van der Waals surface area contributed by atoms with Crippen LogP contribution in [0.2, 0.25) is 0 Å². The second kappa shape index (κ2) is 14.3. The molecule has 298 valence electrons. The van der Waals surface area contributed by atoms with Crippen LogP contribution in [-0.4, -0.2) is 12.8 Å². The van der Waals surface area contributed by atoms with Crippen LogP contribution in [0.1, 0.15) is 58.6 Å². The van der Waals surface area contributed by atoms with E-state index in [1.54, 1.807) is 0 Å². The first-order valence-electron chi connectivity index (χ1n) is 22.2. The Morgan fingerprint density at radius 2 is 1.16 bits per heavy atom. The van der Waals surface area contributed by atoms with E-state index < -0.39 is 0 Å². The molecule has 4 heteroatoms. The molecule has 11 rings (SSSR count). The van der Waals surface area contributed by atoms with Gasteiger partial charge in [0.1, 0.15) is 0 Å². The van der Waals surface area contributed by atoms with E-state index in [4.69, 9.17) is 0 Å². The Morgan fingerprint density at radius 3 is 1.84 bits per heavy atom. The summed E-state index contributed by atoms with van der Waals surface area (Å²) in [5.74, 6) is 0.143. The van der Waals surface area contributed by atoms with Gasteiger partial charge in [0.05, 0.1) is 6.04 Å². The molecular formula is C57H52BN3. The summed E-state index contributed by atoms with van der Waals surface area (Å²) in [5.41, 5.74) is 19.7. The van der Waals surface area contributed by atoms with Crippen LogP contribution in [0.3, 0.4) is 0 Å². The standard InChI is InChI=1S/C57H52BN3/c1-6-45-52(59(41-23-13-8-14-24-41)42-25-15-9-16-26-42)37-53-54-55(45)61(44-32-33-46-47(36-44)57(4,5)38-56(46,2)3)51-34-31-40(39-21-11-7-12-22-39)35-49(51)58(54)48-29-19-20-30-50(48)60(53)43-27-17-10-18-28-43/h7-37,45,55H,6,38H2,1-5H3. The van der Waals surface area contributed by atoms with Gasteiger partial charge in [-0.15, -0.1) is 0 Å². The van der Waals surface area contributed by atoms with E-state index >= 15 is 0 Å². The highest BCUT2D eigenvalue weighted by atomic mass is 15.2. The van der Waals surface area contributed by atoms with Crippen molar-refractivity contribution >= 4 is 51.8 Å². The Bertz CT molecular complexity index is 2800. The summed E-state index contributed by atoms with van der Waals surface area (Å²) in [6, 6.07) is 68.0. The number of anilines is 6. The predicted octanol–water partition coefficient (Wildman–Crippen LogP) is 13.1. The van der Waals surface area contributed by atoms with E-state index in [0.29, 0.717) is 0 Å². The van der Waals surface area contributed by atoms with Gasteiger partial charge in [-0.05, 0) is 129 Å². The van der Waals surface area contributed by atoms with Crippen LogP contribution in [-0.2, 0) is 10.8 Å². The topological polar surface area (TPSA) is 9.72 Å². The normalized spacial score (nSPS) is 19.1. The fourth-order valence-corrected chi connectivity index (χ4v) is 11.8. The van der Waals surface area contributed by atoms with Crippen molar-refractivity contribution in [3.05, 3.63) is 216 Å².